The number of halogens is 1. The molecule has 2 N–H and O–H groups in total. The molecule has 22 heavy (non-hydrogen) atoms. The first kappa shape index (κ1) is 16.7. The maximum Gasteiger partial charge on any atom is 0.191 e. The third-order valence-corrected chi connectivity index (χ3v) is 3.86. The summed E-state index contributed by atoms with van der Waals surface area (Å²) in [6.45, 7) is 7.03. The topological polar surface area (TPSA) is 45.7 Å². The number of nitrogens with one attached hydrogen (secondary N) is 2. The Labute approximate surface area is 132 Å². The van der Waals surface area contributed by atoms with Gasteiger partial charge in [-0.05, 0) is 44.7 Å². The van der Waals surface area contributed by atoms with Crippen molar-refractivity contribution in [2.75, 3.05) is 26.2 Å². The second kappa shape index (κ2) is 8.13. The van der Waals surface area contributed by atoms with E-state index in [9.17, 15) is 4.39 Å². The van der Waals surface area contributed by atoms with Gasteiger partial charge in [-0.1, -0.05) is 18.2 Å². The molecule has 4 nitrogen and oxygen atoms in total. The van der Waals surface area contributed by atoms with Crippen LogP contribution < -0.4 is 10.6 Å². The first-order valence-electron chi connectivity index (χ1n) is 8.02. The van der Waals surface area contributed by atoms with Crippen LogP contribution in [-0.2, 0) is 11.2 Å². The summed E-state index contributed by atoms with van der Waals surface area (Å²) in [4.78, 5) is 4.60. The summed E-state index contributed by atoms with van der Waals surface area (Å²) in [5.74, 6) is 0.605. The molecule has 1 aromatic rings. The van der Waals surface area contributed by atoms with Crippen LogP contribution in [0.3, 0.4) is 0 Å². The summed E-state index contributed by atoms with van der Waals surface area (Å²) < 4.78 is 19.3. The van der Waals surface area contributed by atoms with Gasteiger partial charge in [-0.25, -0.2) is 4.39 Å². The summed E-state index contributed by atoms with van der Waals surface area (Å²) in [6.07, 6.45) is 2.78. The van der Waals surface area contributed by atoms with Crippen LogP contribution in [0.2, 0.25) is 0 Å². The maximum atomic E-state index is 13.6. The lowest BCUT2D eigenvalue weighted by atomic mass is 10.0. The molecule has 0 aromatic heterocycles. The third-order valence-electron chi connectivity index (χ3n) is 3.86. The van der Waals surface area contributed by atoms with Gasteiger partial charge in [0.25, 0.3) is 0 Å². The van der Waals surface area contributed by atoms with E-state index in [0.717, 1.165) is 37.5 Å². The van der Waals surface area contributed by atoms with Crippen molar-refractivity contribution in [1.29, 1.82) is 0 Å². The highest BCUT2D eigenvalue weighted by molar-refractivity contribution is 5.79. The first-order valence-corrected chi connectivity index (χ1v) is 8.02. The van der Waals surface area contributed by atoms with E-state index in [4.69, 9.17) is 4.74 Å². The smallest absolute Gasteiger partial charge is 0.191 e. The lowest BCUT2D eigenvalue weighted by molar-refractivity contribution is 0.0283. The minimum atomic E-state index is -0.155. The van der Waals surface area contributed by atoms with Crippen molar-refractivity contribution in [3.63, 3.8) is 0 Å². The summed E-state index contributed by atoms with van der Waals surface area (Å²) >= 11 is 0. The number of rotatable bonds is 6. The zero-order valence-corrected chi connectivity index (χ0v) is 13.5. The molecule has 5 heteroatoms. The highest BCUT2D eigenvalue weighted by Crippen LogP contribution is 2.24. The van der Waals surface area contributed by atoms with Crippen molar-refractivity contribution < 1.29 is 9.13 Å². The molecule has 0 aliphatic carbocycles. The average molecular weight is 307 g/mol. The molecule has 0 radical (unpaired) electrons. The molecule has 1 aliphatic rings. The highest BCUT2D eigenvalue weighted by Gasteiger charge is 2.29. The summed E-state index contributed by atoms with van der Waals surface area (Å²) in [6, 6.07) is 6.87. The molecular weight excluding hydrogens is 281 g/mol. The van der Waals surface area contributed by atoms with Crippen LogP contribution in [0, 0.1) is 5.82 Å². The van der Waals surface area contributed by atoms with Crippen LogP contribution >= 0.6 is 0 Å². The van der Waals surface area contributed by atoms with Gasteiger partial charge in [-0.3, -0.25) is 4.99 Å². The number of guanidine groups is 1. The van der Waals surface area contributed by atoms with Crippen molar-refractivity contribution in [2.45, 2.75) is 38.7 Å². The van der Waals surface area contributed by atoms with Gasteiger partial charge in [0, 0.05) is 19.7 Å². The predicted octanol–water partition coefficient (Wildman–Crippen LogP) is 2.49. The molecule has 1 aliphatic heterocycles. The number of hydrogen-bond acceptors (Lipinski definition) is 2. The van der Waals surface area contributed by atoms with Gasteiger partial charge < -0.3 is 15.4 Å². The Balaban J connectivity index is 1.84. The molecule has 0 spiro atoms. The van der Waals surface area contributed by atoms with Crippen LogP contribution in [-0.4, -0.2) is 37.8 Å². The van der Waals surface area contributed by atoms with Crippen LogP contribution in [0.4, 0.5) is 4.39 Å². The highest BCUT2D eigenvalue weighted by atomic mass is 19.1. The Kier molecular flexibility index (Phi) is 6.19. The molecule has 1 heterocycles. The Morgan fingerprint density at radius 3 is 2.86 bits per heavy atom. The van der Waals surface area contributed by atoms with Crippen LogP contribution in [0.25, 0.3) is 0 Å². The molecule has 0 bridgehead atoms. The lowest BCUT2D eigenvalue weighted by Gasteiger charge is -2.21. The van der Waals surface area contributed by atoms with Crippen molar-refractivity contribution in [1.82, 2.24) is 10.6 Å². The van der Waals surface area contributed by atoms with Gasteiger partial charge in [0.2, 0.25) is 0 Å². The van der Waals surface area contributed by atoms with Gasteiger partial charge in [0.15, 0.2) is 5.96 Å². The van der Waals surface area contributed by atoms with Crippen molar-refractivity contribution in [3.05, 3.63) is 35.6 Å². The quantitative estimate of drug-likeness (QED) is 0.627. The molecule has 1 unspecified atom stereocenters. The van der Waals surface area contributed by atoms with Crippen LogP contribution in [0.5, 0.6) is 0 Å². The molecule has 2 rings (SSSR count). The fourth-order valence-electron chi connectivity index (χ4n) is 2.57. The van der Waals surface area contributed by atoms with Crippen LogP contribution in [0.1, 0.15) is 32.3 Å². The number of aliphatic imine (C=N–C) groups is 1. The number of hydrogen-bond donors (Lipinski definition) is 2. The molecule has 0 saturated carbocycles. The van der Waals surface area contributed by atoms with Gasteiger partial charge >= 0.3 is 0 Å². The van der Waals surface area contributed by atoms with Crippen molar-refractivity contribution >= 4 is 5.96 Å². The molecule has 0 amide bonds. The minimum Gasteiger partial charge on any atom is -0.373 e. The second-order valence-corrected chi connectivity index (χ2v) is 5.87. The Morgan fingerprint density at radius 1 is 1.36 bits per heavy atom. The van der Waals surface area contributed by atoms with E-state index in [1.54, 1.807) is 6.07 Å². The van der Waals surface area contributed by atoms with E-state index in [2.05, 4.69) is 22.5 Å². The zero-order valence-electron chi connectivity index (χ0n) is 13.5. The SMILES string of the molecule is CCNC(=NCC1(C)CCCO1)NCCc1ccccc1F. The van der Waals surface area contributed by atoms with Gasteiger partial charge in [-0.2, -0.15) is 0 Å². The Bertz CT molecular complexity index is 498. The predicted molar refractivity (Wildman–Crippen MR) is 87.7 cm³/mol. The number of nitrogens with zero attached hydrogens (tertiary/aromatic N) is 1. The standard InChI is InChI=1S/C17H26FN3O/c1-3-19-16(21-13-17(2)10-6-12-22-17)20-11-9-14-7-4-5-8-15(14)18/h4-5,7-8H,3,6,9-13H2,1-2H3,(H2,19,20,21). The van der Waals surface area contributed by atoms with Gasteiger partial charge in [-0.15, -0.1) is 0 Å². The summed E-state index contributed by atoms with van der Waals surface area (Å²) in [7, 11) is 0. The van der Waals surface area contributed by atoms with Gasteiger partial charge in [0.1, 0.15) is 5.82 Å². The van der Waals surface area contributed by atoms with E-state index in [1.807, 2.05) is 19.1 Å². The van der Waals surface area contributed by atoms with Crippen molar-refractivity contribution in [3.8, 4) is 0 Å². The minimum absolute atomic E-state index is 0.145. The normalized spacial score (nSPS) is 21.9. The molecule has 1 fully saturated rings. The zero-order chi connectivity index (χ0) is 15.8. The van der Waals surface area contributed by atoms with Crippen LogP contribution in [0.15, 0.2) is 29.3 Å². The van der Waals surface area contributed by atoms with E-state index in [-0.39, 0.29) is 11.4 Å². The summed E-state index contributed by atoms with van der Waals surface area (Å²) in [5, 5.41) is 6.47. The van der Waals surface area contributed by atoms with E-state index >= 15 is 0 Å². The molecule has 1 aromatic carbocycles. The average Bonchev–Trinajstić information content (AvgIpc) is 2.94. The lowest BCUT2D eigenvalue weighted by Crippen LogP contribution is -2.40. The molecule has 1 atom stereocenters. The second-order valence-electron chi connectivity index (χ2n) is 5.87. The third kappa shape index (κ3) is 4.98. The maximum absolute atomic E-state index is 13.6. The summed E-state index contributed by atoms with van der Waals surface area (Å²) in [5.41, 5.74) is 0.574. The number of ether oxygens (including phenoxy) is 1. The van der Waals surface area contributed by atoms with E-state index in [0.29, 0.717) is 19.5 Å². The van der Waals surface area contributed by atoms with Gasteiger partial charge in [0.05, 0.1) is 12.1 Å². The van der Waals surface area contributed by atoms with E-state index < -0.39 is 0 Å². The monoisotopic (exact) mass is 307 g/mol. The molecular formula is C17H26FN3O. The Hall–Kier alpha value is -1.62. The van der Waals surface area contributed by atoms with E-state index in [1.165, 1.54) is 6.07 Å². The molecule has 122 valence electrons. The largest absolute Gasteiger partial charge is 0.373 e. The fraction of sp³-hybridized carbons (Fsp3) is 0.588. The number of benzene rings is 1. The molecule has 1 saturated heterocycles. The fourth-order valence-corrected chi connectivity index (χ4v) is 2.57. The Morgan fingerprint density at radius 2 is 2.18 bits per heavy atom. The van der Waals surface area contributed by atoms with Crippen molar-refractivity contribution in [2.24, 2.45) is 4.99 Å². The first-order chi connectivity index (χ1) is 10.6.